The van der Waals surface area contributed by atoms with Gasteiger partial charge >= 0.3 is 5.69 Å². The van der Waals surface area contributed by atoms with Crippen molar-refractivity contribution >= 4 is 46.4 Å². The smallest absolute Gasteiger partial charge is 0.329 e. The molecule has 0 aliphatic carbocycles. The van der Waals surface area contributed by atoms with Crippen molar-refractivity contribution in [1.29, 1.82) is 0 Å². The number of hydrogen-bond donors (Lipinski definition) is 3. The van der Waals surface area contributed by atoms with Gasteiger partial charge in [0.15, 0.2) is 5.78 Å². The van der Waals surface area contributed by atoms with Crippen LogP contribution in [-0.2, 0) is 23.2 Å². The Labute approximate surface area is 305 Å². The maximum atomic E-state index is 13.0. The largest absolute Gasteiger partial charge is 0.507 e. The van der Waals surface area contributed by atoms with Gasteiger partial charge in [0.05, 0.1) is 34.5 Å². The number of rotatable bonds is 10. The molecule has 4 N–H and O–H groups in total. The number of allylic oxidation sites excluding steroid dienone is 1. The van der Waals surface area contributed by atoms with Crippen LogP contribution in [0.3, 0.4) is 0 Å². The zero-order valence-electron chi connectivity index (χ0n) is 29.2. The van der Waals surface area contributed by atoms with E-state index in [1.54, 1.807) is 43.6 Å². The van der Waals surface area contributed by atoms with Crippen molar-refractivity contribution in [3.05, 3.63) is 100 Å². The number of phenols is 1. The highest BCUT2D eigenvalue weighted by molar-refractivity contribution is 6.30. The van der Waals surface area contributed by atoms with Crippen molar-refractivity contribution in [3.63, 3.8) is 0 Å². The molecular weight excluding hydrogens is 674 g/mol. The number of aryl methyl sites for hydroxylation is 1. The molecule has 2 aromatic carbocycles. The summed E-state index contributed by atoms with van der Waals surface area (Å²) in [6, 6.07) is 17.7. The summed E-state index contributed by atoms with van der Waals surface area (Å²) < 4.78 is 2.93. The molecule has 270 valence electrons. The number of para-hydroxylation sites is 1. The second kappa shape index (κ2) is 15.0. The Kier molecular flexibility index (Phi) is 9.89. The van der Waals surface area contributed by atoms with Gasteiger partial charge in [-0.3, -0.25) is 33.8 Å². The molecule has 7 rings (SSSR count). The summed E-state index contributed by atoms with van der Waals surface area (Å²) in [7, 11) is 1.65. The molecule has 3 aliphatic rings. The fourth-order valence-corrected chi connectivity index (χ4v) is 7.24. The molecule has 2 aromatic heterocycles. The summed E-state index contributed by atoms with van der Waals surface area (Å²) in [5, 5.41) is 16.2. The third kappa shape index (κ3) is 7.32. The molecule has 14 heteroatoms. The number of nitrogens with two attached hydrogens (primary N) is 1. The number of ketones is 1. The molecule has 2 bridgehead atoms. The average Bonchev–Trinajstić information content (AvgIpc) is 3.84. The molecule has 2 amide bonds. The van der Waals surface area contributed by atoms with E-state index in [1.807, 2.05) is 30.5 Å². The van der Waals surface area contributed by atoms with Gasteiger partial charge in [0.25, 0.3) is 0 Å². The number of carbonyl (C=O) groups is 3. The number of hydrogen-bond acceptors (Lipinski definition) is 11. The number of benzene rings is 2. The first kappa shape index (κ1) is 34.9. The maximum Gasteiger partial charge on any atom is 0.329 e. The van der Waals surface area contributed by atoms with E-state index in [0.717, 1.165) is 31.0 Å². The van der Waals surface area contributed by atoms with E-state index in [0.29, 0.717) is 47.3 Å². The summed E-state index contributed by atoms with van der Waals surface area (Å²) in [5.74, 6) is 11.8. The van der Waals surface area contributed by atoms with Crippen LogP contribution in [0.4, 0.5) is 5.82 Å². The Hall–Kier alpha value is -6.49. The van der Waals surface area contributed by atoms with Crippen LogP contribution < -0.4 is 21.7 Å². The van der Waals surface area contributed by atoms with Crippen molar-refractivity contribution in [2.75, 3.05) is 18.0 Å². The average molecular weight is 714 g/mol. The van der Waals surface area contributed by atoms with Crippen molar-refractivity contribution in [3.8, 4) is 17.6 Å². The summed E-state index contributed by atoms with van der Waals surface area (Å²) in [6.45, 7) is 1.94. The van der Waals surface area contributed by atoms with Crippen LogP contribution in [0.25, 0.3) is 11.0 Å². The van der Waals surface area contributed by atoms with E-state index in [1.165, 1.54) is 21.3 Å². The number of piperazine rings is 1. The van der Waals surface area contributed by atoms with Crippen molar-refractivity contribution in [1.82, 2.24) is 24.3 Å². The van der Waals surface area contributed by atoms with Crippen LogP contribution in [0.15, 0.2) is 87.8 Å². The van der Waals surface area contributed by atoms with Crippen molar-refractivity contribution in [2.24, 2.45) is 23.0 Å². The number of anilines is 1. The predicted octanol–water partition coefficient (Wildman–Crippen LogP) is 2.80. The zero-order valence-corrected chi connectivity index (χ0v) is 29.2. The Morgan fingerprint density at radius 2 is 1.92 bits per heavy atom. The Balaban J connectivity index is 0.912. The lowest BCUT2D eigenvalue weighted by Crippen LogP contribution is -2.44. The molecule has 3 fully saturated rings. The monoisotopic (exact) mass is 713 g/mol. The number of carbonyl (C=O) groups excluding carboxylic acids is 3. The van der Waals surface area contributed by atoms with Gasteiger partial charge in [-0.2, -0.15) is 5.10 Å². The maximum absolute atomic E-state index is 13.0. The highest BCUT2D eigenvalue weighted by atomic mass is 16.3. The zero-order chi connectivity index (χ0) is 37.1. The molecule has 3 aliphatic heterocycles. The number of aliphatic imine (C=N–C) groups is 1. The third-order valence-electron chi connectivity index (χ3n) is 9.97. The van der Waals surface area contributed by atoms with E-state index in [4.69, 9.17) is 10.8 Å². The van der Waals surface area contributed by atoms with Gasteiger partial charge in [0.2, 0.25) is 11.8 Å². The number of imidazole rings is 1. The number of likely N-dealkylation sites (tertiary alicyclic amines) is 1. The molecule has 5 heterocycles. The van der Waals surface area contributed by atoms with E-state index in [-0.39, 0.29) is 48.1 Å². The molecule has 1 unspecified atom stereocenters. The quantitative estimate of drug-likeness (QED) is 0.0424. The lowest BCUT2D eigenvalue weighted by atomic mass is 10.1. The van der Waals surface area contributed by atoms with Gasteiger partial charge in [-0.1, -0.05) is 30.0 Å². The summed E-state index contributed by atoms with van der Waals surface area (Å²) in [6.07, 6.45) is 7.42. The van der Waals surface area contributed by atoms with Crippen LogP contribution in [-0.4, -0.2) is 78.8 Å². The van der Waals surface area contributed by atoms with Crippen molar-refractivity contribution in [2.45, 2.75) is 56.8 Å². The highest BCUT2D eigenvalue weighted by Gasteiger charge is 2.42. The van der Waals surface area contributed by atoms with Crippen LogP contribution in [0, 0.1) is 11.8 Å². The van der Waals surface area contributed by atoms with Gasteiger partial charge in [-0.15, -0.1) is 0 Å². The van der Waals surface area contributed by atoms with Crippen LogP contribution in [0.2, 0.25) is 0 Å². The number of pyridine rings is 1. The minimum Gasteiger partial charge on any atom is -0.507 e. The number of phenolic OH excluding ortho intramolecular Hbond substituents is 1. The van der Waals surface area contributed by atoms with Crippen molar-refractivity contribution < 1.29 is 19.5 Å². The van der Waals surface area contributed by atoms with Gasteiger partial charge in [-0.05, 0) is 55.3 Å². The second-order valence-electron chi connectivity index (χ2n) is 13.4. The number of imide groups is 1. The number of nitrogens with zero attached hydrogens (tertiary/aromatic N) is 7. The first-order valence-corrected chi connectivity index (χ1v) is 17.5. The Morgan fingerprint density at radius 3 is 2.70 bits per heavy atom. The molecule has 0 radical (unpaired) electrons. The van der Waals surface area contributed by atoms with E-state index in [2.05, 4.69) is 37.1 Å². The van der Waals surface area contributed by atoms with E-state index >= 15 is 0 Å². The fraction of sp³-hybridized carbons (Fsp3) is 0.308. The van der Waals surface area contributed by atoms with E-state index < -0.39 is 11.9 Å². The topological polar surface area (TPSA) is 181 Å². The van der Waals surface area contributed by atoms with Crippen LogP contribution in [0.1, 0.15) is 59.8 Å². The molecular formula is C39H39N9O5. The van der Waals surface area contributed by atoms with Gasteiger partial charge in [0, 0.05) is 75.5 Å². The molecule has 3 atom stereocenters. The number of fused-ring (bicyclic) bond motifs is 3. The standard InChI is InChI=1S/C39H39N9O5/c1-45-33-19-25(13-14-31(33)48(39(45)53)32-15-16-37(51)43-38(32)52)7-2-3-8-27(44-40)22-41-21-26-9-6-12-36(42-26)47-24-28-20-29(47)23-46(28)18-17-35(50)30-10-4-5-11-34(30)49/h4-6,9-14,17-19,22,28-29,32,49H,3,8,15-16,20-21,23-24,40H2,1H3,(H,43,51,52)/b18-17+,41-22?,44-27-/t28-,29-,32?/m1/s1. The third-order valence-corrected chi connectivity index (χ3v) is 9.97. The number of hydrazone groups is 1. The predicted molar refractivity (Wildman–Crippen MR) is 201 cm³/mol. The molecule has 53 heavy (non-hydrogen) atoms. The number of aromatic nitrogens is 3. The van der Waals surface area contributed by atoms with Gasteiger partial charge in [0.1, 0.15) is 17.6 Å². The number of nitrogens with one attached hydrogen (secondary N) is 1. The summed E-state index contributed by atoms with van der Waals surface area (Å²) >= 11 is 0. The lowest BCUT2D eigenvalue weighted by molar-refractivity contribution is -0.135. The van der Waals surface area contributed by atoms with Crippen LogP contribution in [0.5, 0.6) is 5.75 Å². The number of piperidine rings is 1. The molecule has 0 spiro atoms. The Morgan fingerprint density at radius 1 is 1.08 bits per heavy atom. The first-order valence-electron chi connectivity index (χ1n) is 17.5. The SMILES string of the molecule is Cn1c(=O)n(C2CCC(=O)NC2=O)c2ccc(C#CCC/C(C=NCc3cccc(N4C[C@H]5C[C@@H]4CN5/C=C/C(=O)c4ccccc4O)n3)=N/N)cc21. The minimum atomic E-state index is -0.741. The van der Waals surface area contributed by atoms with Gasteiger partial charge < -0.3 is 20.7 Å². The number of aromatic hydroxyl groups is 1. The van der Waals surface area contributed by atoms with Gasteiger partial charge in [-0.25, -0.2) is 9.78 Å². The Bertz CT molecular complexity index is 2310. The minimum absolute atomic E-state index is 0.0200. The van der Waals surface area contributed by atoms with Crippen LogP contribution >= 0.6 is 0 Å². The summed E-state index contributed by atoms with van der Waals surface area (Å²) in [5.41, 5.74) is 3.35. The normalized spacial score (nSPS) is 20.1. The molecule has 4 aromatic rings. The molecule has 0 saturated carbocycles. The molecule has 3 saturated heterocycles. The highest BCUT2D eigenvalue weighted by Crippen LogP contribution is 2.34. The molecule has 14 nitrogen and oxygen atoms in total. The first-order chi connectivity index (χ1) is 25.7. The lowest BCUT2D eigenvalue weighted by Gasteiger charge is -2.34. The summed E-state index contributed by atoms with van der Waals surface area (Å²) in [4.78, 5) is 63.6. The fourth-order valence-electron chi connectivity index (χ4n) is 7.24. The second-order valence-corrected chi connectivity index (χ2v) is 13.4. The number of amides is 2. The van der Waals surface area contributed by atoms with E-state index in [9.17, 15) is 24.3 Å².